The summed E-state index contributed by atoms with van der Waals surface area (Å²) in [5.41, 5.74) is 4.97. The van der Waals surface area contributed by atoms with Crippen LogP contribution < -0.4 is 5.73 Å². The lowest BCUT2D eigenvalue weighted by Gasteiger charge is -2.12. The van der Waals surface area contributed by atoms with Gasteiger partial charge in [-0.1, -0.05) is 0 Å². The number of hydrogen-bond acceptors (Lipinski definition) is 2. The van der Waals surface area contributed by atoms with Gasteiger partial charge in [0.05, 0.1) is 6.67 Å². The van der Waals surface area contributed by atoms with Gasteiger partial charge >= 0.3 is 6.03 Å². The van der Waals surface area contributed by atoms with Crippen molar-refractivity contribution in [3.8, 4) is 0 Å². The second-order valence-electron chi connectivity index (χ2n) is 2.00. The molecule has 1 aliphatic heterocycles. The van der Waals surface area contributed by atoms with E-state index in [0.29, 0.717) is 6.67 Å². The summed E-state index contributed by atoms with van der Waals surface area (Å²) in [5, 5.41) is 0. The molecule has 0 aromatic rings. The van der Waals surface area contributed by atoms with Gasteiger partial charge in [-0.15, -0.1) is 0 Å². The van der Waals surface area contributed by atoms with E-state index in [1.807, 2.05) is 11.9 Å². The molecule has 0 radical (unpaired) electrons. The van der Waals surface area contributed by atoms with E-state index >= 15 is 0 Å². The minimum absolute atomic E-state index is 0.407. The zero-order valence-corrected chi connectivity index (χ0v) is 5.24. The van der Waals surface area contributed by atoms with Crippen LogP contribution >= 0.6 is 0 Å². The Morgan fingerprint density at radius 1 is 1.67 bits per heavy atom. The molecule has 0 fully saturated rings. The molecule has 0 aromatic heterocycles. The lowest BCUT2D eigenvalue weighted by Crippen LogP contribution is -2.32. The van der Waals surface area contributed by atoms with Gasteiger partial charge in [-0.25, -0.2) is 4.79 Å². The molecule has 0 atom stereocenters. The van der Waals surface area contributed by atoms with E-state index in [-0.39, 0.29) is 0 Å². The van der Waals surface area contributed by atoms with Crippen LogP contribution in [-0.2, 0) is 0 Å². The Bertz CT molecular complexity index is 154. The maximum Gasteiger partial charge on any atom is 0.320 e. The van der Waals surface area contributed by atoms with Crippen LogP contribution in [0.15, 0.2) is 12.4 Å². The fourth-order valence-corrected chi connectivity index (χ4v) is 0.672. The third-order valence-electron chi connectivity index (χ3n) is 1.16. The highest BCUT2D eigenvalue weighted by molar-refractivity contribution is 5.73. The Kier molecular flexibility index (Phi) is 1.30. The van der Waals surface area contributed by atoms with Crippen LogP contribution in [0.2, 0.25) is 0 Å². The molecule has 0 aromatic carbocycles. The van der Waals surface area contributed by atoms with Gasteiger partial charge in [-0.2, -0.15) is 0 Å². The molecule has 2 N–H and O–H groups in total. The Balaban J connectivity index is 2.50. The van der Waals surface area contributed by atoms with Gasteiger partial charge in [-0.05, 0) is 0 Å². The largest absolute Gasteiger partial charge is 0.361 e. The quantitative estimate of drug-likeness (QED) is 0.487. The minimum atomic E-state index is -0.407. The number of nitrogens with zero attached hydrogens (tertiary/aromatic N) is 2. The predicted octanol–water partition coefficient (Wildman–Crippen LogP) is -0.259. The van der Waals surface area contributed by atoms with Crippen LogP contribution in [0.5, 0.6) is 0 Å². The van der Waals surface area contributed by atoms with Crippen LogP contribution in [0.1, 0.15) is 0 Å². The van der Waals surface area contributed by atoms with Crippen molar-refractivity contribution in [2.45, 2.75) is 0 Å². The van der Waals surface area contributed by atoms with Crippen molar-refractivity contribution in [1.82, 2.24) is 9.80 Å². The molecule has 0 saturated heterocycles. The van der Waals surface area contributed by atoms with Gasteiger partial charge in [0, 0.05) is 19.4 Å². The average Bonchev–Trinajstić information content (AvgIpc) is 2.14. The number of amides is 2. The molecular formula is C5H9N3O. The summed E-state index contributed by atoms with van der Waals surface area (Å²) >= 11 is 0. The fraction of sp³-hybridized carbons (Fsp3) is 0.400. The summed E-state index contributed by atoms with van der Waals surface area (Å²) in [7, 11) is 1.87. The molecule has 0 bridgehead atoms. The van der Waals surface area contributed by atoms with Crippen molar-refractivity contribution in [1.29, 1.82) is 0 Å². The second-order valence-corrected chi connectivity index (χ2v) is 2.00. The molecule has 0 spiro atoms. The third-order valence-corrected chi connectivity index (χ3v) is 1.16. The monoisotopic (exact) mass is 127 g/mol. The van der Waals surface area contributed by atoms with Crippen molar-refractivity contribution >= 4 is 6.03 Å². The predicted molar refractivity (Wildman–Crippen MR) is 33.2 cm³/mol. The molecule has 1 aliphatic rings. The Morgan fingerprint density at radius 3 is 2.56 bits per heavy atom. The first-order chi connectivity index (χ1) is 4.20. The maximum absolute atomic E-state index is 10.4. The Labute approximate surface area is 53.5 Å². The Morgan fingerprint density at radius 2 is 2.33 bits per heavy atom. The summed E-state index contributed by atoms with van der Waals surface area (Å²) in [4.78, 5) is 13.7. The van der Waals surface area contributed by atoms with Gasteiger partial charge < -0.3 is 10.6 Å². The number of urea groups is 1. The Hall–Kier alpha value is -1.19. The molecule has 0 saturated carbocycles. The third kappa shape index (κ3) is 1.13. The van der Waals surface area contributed by atoms with Gasteiger partial charge in [-0.3, -0.25) is 4.90 Å². The summed E-state index contributed by atoms with van der Waals surface area (Å²) < 4.78 is 0. The van der Waals surface area contributed by atoms with Gasteiger partial charge in [0.25, 0.3) is 0 Å². The highest BCUT2D eigenvalue weighted by atomic mass is 16.2. The van der Waals surface area contributed by atoms with Gasteiger partial charge in [0.15, 0.2) is 0 Å². The van der Waals surface area contributed by atoms with Crippen LogP contribution in [0.4, 0.5) is 4.79 Å². The van der Waals surface area contributed by atoms with E-state index in [0.717, 1.165) is 0 Å². The van der Waals surface area contributed by atoms with E-state index < -0.39 is 6.03 Å². The maximum atomic E-state index is 10.4. The first kappa shape index (κ1) is 5.94. The highest BCUT2D eigenvalue weighted by Gasteiger charge is 2.11. The van der Waals surface area contributed by atoms with E-state index in [1.54, 1.807) is 12.4 Å². The number of carbonyl (C=O) groups excluding carboxylic acids is 1. The second kappa shape index (κ2) is 1.97. The number of nitrogens with two attached hydrogens (primary N) is 1. The van der Waals surface area contributed by atoms with E-state index in [4.69, 9.17) is 5.73 Å². The van der Waals surface area contributed by atoms with Crippen molar-refractivity contribution in [2.24, 2.45) is 5.73 Å². The minimum Gasteiger partial charge on any atom is -0.361 e. The fourth-order valence-electron chi connectivity index (χ4n) is 0.672. The molecule has 0 unspecified atom stereocenters. The lowest BCUT2D eigenvalue weighted by molar-refractivity contribution is 0.216. The molecule has 2 amide bonds. The zero-order chi connectivity index (χ0) is 6.85. The van der Waals surface area contributed by atoms with E-state index in [2.05, 4.69) is 0 Å². The van der Waals surface area contributed by atoms with Crippen LogP contribution in [-0.4, -0.2) is 29.5 Å². The smallest absolute Gasteiger partial charge is 0.320 e. The molecular weight excluding hydrogens is 118 g/mol. The van der Waals surface area contributed by atoms with E-state index in [9.17, 15) is 4.79 Å². The van der Waals surface area contributed by atoms with Gasteiger partial charge in [0.1, 0.15) is 0 Å². The summed E-state index contributed by atoms with van der Waals surface area (Å²) in [6.07, 6.45) is 3.45. The lowest BCUT2D eigenvalue weighted by atomic mass is 10.8. The van der Waals surface area contributed by atoms with Crippen LogP contribution in [0, 0.1) is 0 Å². The first-order valence-electron chi connectivity index (χ1n) is 2.65. The number of hydrogen-bond donors (Lipinski definition) is 1. The zero-order valence-electron chi connectivity index (χ0n) is 5.24. The molecule has 0 aliphatic carbocycles. The molecule has 9 heavy (non-hydrogen) atoms. The normalized spacial score (nSPS) is 17.0. The van der Waals surface area contributed by atoms with Crippen molar-refractivity contribution < 1.29 is 4.79 Å². The average molecular weight is 127 g/mol. The standard InChI is InChI=1S/C5H9N3O/c1-7-2-3-8(4-7)5(6)9/h2-3H,4H2,1H3,(H2,6,9). The number of carbonyl (C=O) groups is 1. The summed E-state index contributed by atoms with van der Waals surface area (Å²) in [5.74, 6) is 0. The molecule has 1 heterocycles. The van der Waals surface area contributed by atoms with Gasteiger partial charge in [0.2, 0.25) is 0 Å². The summed E-state index contributed by atoms with van der Waals surface area (Å²) in [6.45, 7) is 0.565. The topological polar surface area (TPSA) is 49.6 Å². The van der Waals surface area contributed by atoms with Crippen molar-refractivity contribution in [3.05, 3.63) is 12.4 Å². The molecule has 1 rings (SSSR count). The molecule has 4 heteroatoms. The van der Waals surface area contributed by atoms with Crippen LogP contribution in [0.3, 0.4) is 0 Å². The SMILES string of the molecule is CN1C=CN(C(N)=O)C1. The molecule has 4 nitrogen and oxygen atoms in total. The summed E-state index contributed by atoms with van der Waals surface area (Å²) in [6, 6.07) is -0.407. The number of rotatable bonds is 0. The number of primary amides is 1. The first-order valence-corrected chi connectivity index (χ1v) is 2.65. The van der Waals surface area contributed by atoms with Crippen molar-refractivity contribution in [2.75, 3.05) is 13.7 Å². The highest BCUT2D eigenvalue weighted by Crippen LogP contribution is 2.01. The van der Waals surface area contributed by atoms with Crippen LogP contribution in [0.25, 0.3) is 0 Å². The van der Waals surface area contributed by atoms with E-state index in [1.165, 1.54) is 4.90 Å². The van der Waals surface area contributed by atoms with Crippen molar-refractivity contribution in [3.63, 3.8) is 0 Å². The molecule has 50 valence electrons.